The van der Waals surface area contributed by atoms with Gasteiger partial charge in [0.2, 0.25) is 0 Å². The van der Waals surface area contributed by atoms with Gasteiger partial charge >= 0.3 is 11.5 Å². The first kappa shape index (κ1) is 14.2. The maximum Gasteiger partial charge on any atom is 0.414 e. The topological polar surface area (TPSA) is 55.8 Å². The van der Waals surface area contributed by atoms with Gasteiger partial charge in [0, 0.05) is 23.7 Å². The van der Waals surface area contributed by atoms with E-state index in [0.29, 0.717) is 5.92 Å². The highest BCUT2D eigenvalue weighted by Crippen LogP contribution is 2.54. The van der Waals surface area contributed by atoms with Crippen molar-refractivity contribution < 1.29 is 19.1 Å². The molecular formula is C13H18ClNO4. The summed E-state index contributed by atoms with van der Waals surface area (Å²) in [6, 6.07) is -0.206. The second-order valence-electron chi connectivity index (χ2n) is 5.95. The molecule has 0 aromatic rings. The van der Waals surface area contributed by atoms with Crippen molar-refractivity contribution in [1.82, 2.24) is 4.90 Å². The van der Waals surface area contributed by atoms with Crippen molar-refractivity contribution in [3.8, 4) is 0 Å². The van der Waals surface area contributed by atoms with Gasteiger partial charge in [0.15, 0.2) is 0 Å². The van der Waals surface area contributed by atoms with E-state index in [1.54, 1.807) is 6.20 Å². The van der Waals surface area contributed by atoms with Crippen molar-refractivity contribution in [3.05, 3.63) is 11.8 Å². The molecule has 0 aromatic carbocycles. The van der Waals surface area contributed by atoms with Crippen LogP contribution in [-0.4, -0.2) is 34.7 Å². The summed E-state index contributed by atoms with van der Waals surface area (Å²) in [7, 11) is 0. The number of carbonyl (C=O) groups is 2. The quantitative estimate of drug-likeness (QED) is 0.732. The summed E-state index contributed by atoms with van der Waals surface area (Å²) in [6.45, 7) is 7.61. The Balaban J connectivity index is 2.04. The van der Waals surface area contributed by atoms with Crippen LogP contribution in [0.1, 0.15) is 27.7 Å². The third-order valence-electron chi connectivity index (χ3n) is 3.37. The first-order chi connectivity index (χ1) is 8.70. The molecule has 106 valence electrons. The monoisotopic (exact) mass is 287 g/mol. The van der Waals surface area contributed by atoms with E-state index in [4.69, 9.17) is 21.1 Å². The lowest BCUT2D eigenvalue weighted by atomic mass is 10.1. The van der Waals surface area contributed by atoms with Gasteiger partial charge in [-0.2, -0.15) is 0 Å². The molecule has 0 N–H and O–H groups in total. The number of nitrogens with zero attached hydrogens (tertiary/aromatic N) is 1. The second kappa shape index (κ2) is 4.71. The molecule has 0 saturated heterocycles. The maximum absolute atomic E-state index is 12.1. The van der Waals surface area contributed by atoms with Crippen LogP contribution in [0, 0.1) is 11.8 Å². The van der Waals surface area contributed by atoms with Gasteiger partial charge in [0.1, 0.15) is 12.2 Å². The summed E-state index contributed by atoms with van der Waals surface area (Å²) < 4.78 is 10.2. The first-order valence-electron chi connectivity index (χ1n) is 6.26. The summed E-state index contributed by atoms with van der Waals surface area (Å²) in [6.07, 6.45) is 1.38. The number of ether oxygens (including phenoxy) is 2. The molecule has 6 heteroatoms. The fourth-order valence-corrected chi connectivity index (χ4v) is 2.54. The Hall–Kier alpha value is -1.23. The standard InChI is InChI=1S/C13H18ClNO4/c1-7-8-5-15(12(17)19-13(2,3)4)9(10(7)8)6-18-11(14)16/h5,7,9-10H,6H2,1-4H3/t7-,9+,10-/m1/s1. The number of amides is 1. The van der Waals surface area contributed by atoms with Crippen LogP contribution in [0.4, 0.5) is 9.59 Å². The van der Waals surface area contributed by atoms with E-state index in [-0.39, 0.29) is 18.6 Å². The minimum Gasteiger partial charge on any atom is -0.451 e. The predicted octanol–water partition coefficient (Wildman–Crippen LogP) is 3.13. The summed E-state index contributed by atoms with van der Waals surface area (Å²) in [5, 5.41) is 0. The minimum atomic E-state index is -0.856. The van der Waals surface area contributed by atoms with Gasteiger partial charge in [-0.3, -0.25) is 4.90 Å². The van der Waals surface area contributed by atoms with E-state index in [0.717, 1.165) is 0 Å². The highest BCUT2D eigenvalue weighted by atomic mass is 35.5. The molecule has 19 heavy (non-hydrogen) atoms. The van der Waals surface area contributed by atoms with Gasteiger partial charge in [0.05, 0.1) is 6.04 Å². The third kappa shape index (κ3) is 3.03. The third-order valence-corrected chi connectivity index (χ3v) is 3.48. The van der Waals surface area contributed by atoms with Crippen molar-refractivity contribution in [2.24, 2.45) is 11.8 Å². The Bertz CT molecular complexity index is 440. The van der Waals surface area contributed by atoms with E-state index in [1.807, 2.05) is 20.8 Å². The summed E-state index contributed by atoms with van der Waals surface area (Å²) in [5.74, 6) is 0.682. The lowest BCUT2D eigenvalue weighted by Crippen LogP contribution is -2.42. The molecule has 1 aliphatic carbocycles. The molecule has 0 spiro atoms. The Kier molecular flexibility index (Phi) is 3.51. The lowest BCUT2D eigenvalue weighted by Gasteiger charge is -2.29. The lowest BCUT2D eigenvalue weighted by molar-refractivity contribution is 0.0200. The molecule has 2 rings (SSSR count). The first-order valence-corrected chi connectivity index (χ1v) is 6.63. The number of hydrogen-bond acceptors (Lipinski definition) is 4. The van der Waals surface area contributed by atoms with Crippen LogP contribution in [0.25, 0.3) is 0 Å². The van der Waals surface area contributed by atoms with Crippen molar-refractivity contribution in [3.63, 3.8) is 0 Å². The average molecular weight is 288 g/mol. The molecule has 0 bridgehead atoms. The molecule has 0 radical (unpaired) electrons. The van der Waals surface area contributed by atoms with Crippen LogP contribution >= 0.6 is 11.6 Å². The van der Waals surface area contributed by atoms with Gasteiger partial charge in [-0.1, -0.05) is 6.92 Å². The molecule has 1 fully saturated rings. The van der Waals surface area contributed by atoms with Crippen molar-refractivity contribution in [2.75, 3.05) is 6.61 Å². The fourth-order valence-electron chi connectivity index (χ4n) is 2.47. The number of fused-ring (bicyclic) bond motifs is 1. The molecular weight excluding hydrogens is 270 g/mol. The number of halogens is 1. The van der Waals surface area contributed by atoms with Gasteiger partial charge in [-0.25, -0.2) is 9.59 Å². The van der Waals surface area contributed by atoms with Gasteiger partial charge in [0.25, 0.3) is 0 Å². The maximum atomic E-state index is 12.1. The van der Waals surface area contributed by atoms with Crippen LogP contribution in [0.3, 0.4) is 0 Å². The Labute approximate surface area is 117 Å². The average Bonchev–Trinajstić information content (AvgIpc) is 2.71. The van der Waals surface area contributed by atoms with E-state index in [1.165, 1.54) is 10.5 Å². The molecule has 1 aliphatic heterocycles. The smallest absolute Gasteiger partial charge is 0.414 e. The SMILES string of the molecule is C[C@@H]1C2=CN(C(=O)OC(C)(C)C)[C@@H](COC(=O)Cl)[C@@H]21. The zero-order valence-corrected chi connectivity index (χ0v) is 12.2. The van der Waals surface area contributed by atoms with E-state index < -0.39 is 17.1 Å². The Morgan fingerprint density at radius 1 is 1.42 bits per heavy atom. The zero-order valence-electron chi connectivity index (χ0n) is 11.5. The highest BCUT2D eigenvalue weighted by molar-refractivity contribution is 6.61. The molecule has 1 saturated carbocycles. The summed E-state index contributed by atoms with van der Waals surface area (Å²) >= 11 is 5.17. The van der Waals surface area contributed by atoms with Crippen LogP contribution in [-0.2, 0) is 9.47 Å². The molecule has 1 heterocycles. The van der Waals surface area contributed by atoms with E-state index in [9.17, 15) is 9.59 Å². The fraction of sp³-hybridized carbons (Fsp3) is 0.692. The zero-order chi connectivity index (χ0) is 14.4. The van der Waals surface area contributed by atoms with Crippen LogP contribution in [0.2, 0.25) is 0 Å². The predicted molar refractivity (Wildman–Crippen MR) is 69.8 cm³/mol. The summed E-state index contributed by atoms with van der Waals surface area (Å²) in [4.78, 5) is 24.3. The van der Waals surface area contributed by atoms with Crippen LogP contribution < -0.4 is 0 Å². The molecule has 3 atom stereocenters. The molecule has 2 aliphatic rings. The van der Waals surface area contributed by atoms with Crippen LogP contribution in [0.5, 0.6) is 0 Å². The van der Waals surface area contributed by atoms with Crippen molar-refractivity contribution in [1.29, 1.82) is 0 Å². The summed E-state index contributed by atoms with van der Waals surface area (Å²) in [5.41, 5.74) is -0.214. The van der Waals surface area contributed by atoms with Gasteiger partial charge < -0.3 is 9.47 Å². The molecule has 1 amide bonds. The molecule has 5 nitrogen and oxygen atoms in total. The Morgan fingerprint density at radius 2 is 2.05 bits per heavy atom. The molecule has 0 unspecified atom stereocenters. The van der Waals surface area contributed by atoms with Gasteiger partial charge in [-0.15, -0.1) is 0 Å². The normalized spacial score (nSPS) is 28.6. The van der Waals surface area contributed by atoms with Gasteiger partial charge in [-0.05, 0) is 32.3 Å². The Morgan fingerprint density at radius 3 is 2.58 bits per heavy atom. The van der Waals surface area contributed by atoms with E-state index >= 15 is 0 Å². The minimum absolute atomic E-state index is 0.0938. The largest absolute Gasteiger partial charge is 0.451 e. The molecule has 0 aromatic heterocycles. The highest BCUT2D eigenvalue weighted by Gasteiger charge is 2.54. The number of carbonyl (C=O) groups excluding carboxylic acids is 2. The van der Waals surface area contributed by atoms with Crippen molar-refractivity contribution in [2.45, 2.75) is 39.3 Å². The number of rotatable bonds is 2. The van der Waals surface area contributed by atoms with Crippen LogP contribution in [0.15, 0.2) is 11.8 Å². The van der Waals surface area contributed by atoms with E-state index in [2.05, 4.69) is 6.92 Å². The second-order valence-corrected chi connectivity index (χ2v) is 6.26. The number of hydrogen-bond donors (Lipinski definition) is 0. The van der Waals surface area contributed by atoms with Crippen molar-refractivity contribution >= 4 is 23.1 Å².